The van der Waals surface area contributed by atoms with Gasteiger partial charge in [-0.25, -0.2) is 0 Å². The van der Waals surface area contributed by atoms with Crippen LogP contribution in [0.25, 0.3) is 0 Å². The lowest BCUT2D eigenvalue weighted by molar-refractivity contribution is 0.187. The third-order valence-corrected chi connectivity index (χ3v) is 5.14. The molecule has 1 fully saturated rings. The van der Waals surface area contributed by atoms with Crippen LogP contribution >= 0.6 is 0 Å². The lowest BCUT2D eigenvalue weighted by Gasteiger charge is -2.34. The molecule has 0 aromatic heterocycles. The Morgan fingerprint density at radius 1 is 1.14 bits per heavy atom. The maximum atomic E-state index is 2.53. The number of benzene rings is 1. The molecule has 0 amide bonds. The van der Waals surface area contributed by atoms with Gasteiger partial charge in [0, 0.05) is 12.0 Å². The van der Waals surface area contributed by atoms with E-state index in [0.717, 1.165) is 0 Å². The van der Waals surface area contributed by atoms with Crippen LogP contribution in [0.5, 0.6) is 0 Å². The van der Waals surface area contributed by atoms with Gasteiger partial charge in [0.05, 0.1) is 0 Å². The van der Waals surface area contributed by atoms with E-state index in [1.165, 1.54) is 48.4 Å². The van der Waals surface area contributed by atoms with Crippen molar-refractivity contribution in [1.29, 1.82) is 0 Å². The second kappa shape index (κ2) is 6.96. The summed E-state index contributed by atoms with van der Waals surface area (Å²) in [5.74, 6) is 2.72. The van der Waals surface area contributed by atoms with Crippen LogP contribution in [0.1, 0.15) is 82.5 Å². The van der Waals surface area contributed by atoms with Gasteiger partial charge < -0.3 is 0 Å². The molecule has 117 valence electrons. The largest absolute Gasteiger partial charge is 0.299 e. The van der Waals surface area contributed by atoms with E-state index < -0.39 is 0 Å². The predicted octanol–water partition coefficient (Wildman–Crippen LogP) is 5.57. The minimum absolute atomic E-state index is 0.586. The maximum absolute atomic E-state index is 2.53. The molecule has 1 nitrogen and oxygen atoms in total. The van der Waals surface area contributed by atoms with E-state index in [-0.39, 0.29) is 0 Å². The van der Waals surface area contributed by atoms with E-state index in [2.05, 4.69) is 64.8 Å². The quantitative estimate of drug-likeness (QED) is 0.700. The molecule has 0 spiro atoms. The van der Waals surface area contributed by atoms with Crippen LogP contribution in [0, 0.1) is 11.8 Å². The van der Waals surface area contributed by atoms with Crippen LogP contribution in [-0.4, -0.2) is 18.5 Å². The molecule has 21 heavy (non-hydrogen) atoms. The zero-order chi connectivity index (χ0) is 15.6. The molecule has 1 heteroatoms. The summed E-state index contributed by atoms with van der Waals surface area (Å²) in [7, 11) is 2.28. The van der Waals surface area contributed by atoms with Crippen molar-refractivity contribution in [2.75, 3.05) is 13.6 Å². The van der Waals surface area contributed by atoms with Crippen LogP contribution in [0.4, 0.5) is 0 Å². The summed E-state index contributed by atoms with van der Waals surface area (Å²) in [6.45, 7) is 12.8. The topological polar surface area (TPSA) is 3.24 Å². The van der Waals surface area contributed by atoms with Crippen molar-refractivity contribution >= 4 is 0 Å². The first kappa shape index (κ1) is 16.5. The Bertz CT molecular complexity index is 461. The average molecular weight is 286 g/mol. The molecule has 1 radical (unpaired) electrons. The molecular weight excluding hydrogens is 254 g/mol. The minimum Gasteiger partial charge on any atom is -0.299 e. The van der Waals surface area contributed by atoms with E-state index in [9.17, 15) is 0 Å². The monoisotopic (exact) mass is 286 g/mol. The van der Waals surface area contributed by atoms with Crippen molar-refractivity contribution in [3.63, 3.8) is 0 Å². The zero-order valence-corrected chi connectivity index (χ0v) is 14.7. The molecule has 0 saturated carbocycles. The van der Waals surface area contributed by atoms with Gasteiger partial charge in [0.15, 0.2) is 0 Å². The number of piperidine rings is 1. The number of likely N-dealkylation sites (tertiary alicyclic amines) is 1. The molecule has 1 heterocycles. The predicted molar refractivity (Wildman–Crippen MR) is 92.6 cm³/mol. The van der Waals surface area contributed by atoms with Gasteiger partial charge in [-0.3, -0.25) is 4.90 Å². The lowest BCUT2D eigenvalue weighted by Crippen LogP contribution is -2.29. The number of hydrogen-bond donors (Lipinski definition) is 0. The summed E-state index contributed by atoms with van der Waals surface area (Å²) in [6, 6.07) is 7.85. The highest BCUT2D eigenvalue weighted by Crippen LogP contribution is 2.35. The highest BCUT2D eigenvalue weighted by molar-refractivity contribution is 5.43. The normalized spacial score (nSPS) is 20.7. The van der Waals surface area contributed by atoms with Gasteiger partial charge in [-0.05, 0) is 55.0 Å². The molecule has 1 saturated heterocycles. The van der Waals surface area contributed by atoms with Crippen molar-refractivity contribution in [3.05, 3.63) is 40.8 Å². The van der Waals surface area contributed by atoms with Crippen molar-refractivity contribution in [3.8, 4) is 0 Å². The summed E-state index contributed by atoms with van der Waals surface area (Å²) in [6.07, 6.45) is 4.02. The summed E-state index contributed by atoms with van der Waals surface area (Å²) in [5, 5.41) is 0. The van der Waals surface area contributed by atoms with Crippen LogP contribution in [-0.2, 0) is 0 Å². The number of rotatable bonds is 4. The summed E-state index contributed by atoms with van der Waals surface area (Å²) >= 11 is 0. The van der Waals surface area contributed by atoms with Gasteiger partial charge in [0.25, 0.3) is 0 Å². The Labute approximate surface area is 131 Å². The second-order valence-electron chi connectivity index (χ2n) is 7.33. The third-order valence-electron chi connectivity index (χ3n) is 5.14. The van der Waals surface area contributed by atoms with Gasteiger partial charge in [0.1, 0.15) is 0 Å². The van der Waals surface area contributed by atoms with Crippen LogP contribution in [0.2, 0.25) is 0 Å². The molecule has 0 bridgehead atoms. The minimum atomic E-state index is 0.586. The fourth-order valence-electron chi connectivity index (χ4n) is 3.43. The first-order chi connectivity index (χ1) is 9.91. The van der Waals surface area contributed by atoms with Crippen LogP contribution < -0.4 is 0 Å². The standard InChI is InChI=1S/C20H32N/c1-14(2)16(5)18-11-10-17(13-19(18)15(3)4)20-9-7-8-12-21(20)6/h10-11,13-15,20H,7-9,12H2,1-6H3. The molecule has 1 unspecified atom stereocenters. The molecule has 2 rings (SSSR count). The Hall–Kier alpha value is -0.820. The Kier molecular flexibility index (Phi) is 5.48. The highest BCUT2D eigenvalue weighted by atomic mass is 15.1. The van der Waals surface area contributed by atoms with E-state index >= 15 is 0 Å². The van der Waals surface area contributed by atoms with Crippen molar-refractivity contribution in [2.45, 2.75) is 65.8 Å². The molecule has 0 N–H and O–H groups in total. The van der Waals surface area contributed by atoms with Crippen LogP contribution in [0.3, 0.4) is 0 Å². The van der Waals surface area contributed by atoms with Gasteiger partial charge in [-0.2, -0.15) is 0 Å². The number of nitrogens with zero attached hydrogens (tertiary/aromatic N) is 1. The Balaban J connectivity index is 2.35. The second-order valence-corrected chi connectivity index (χ2v) is 7.33. The first-order valence-electron chi connectivity index (χ1n) is 8.59. The summed E-state index contributed by atoms with van der Waals surface area (Å²) in [5.41, 5.74) is 4.51. The van der Waals surface area contributed by atoms with Crippen LogP contribution in [0.15, 0.2) is 18.2 Å². The Morgan fingerprint density at radius 2 is 1.86 bits per heavy atom. The van der Waals surface area contributed by atoms with Crippen molar-refractivity contribution in [1.82, 2.24) is 4.90 Å². The molecule has 1 aromatic rings. The molecular formula is C20H32N. The summed E-state index contributed by atoms with van der Waals surface area (Å²) in [4.78, 5) is 2.53. The zero-order valence-electron chi connectivity index (χ0n) is 14.7. The van der Waals surface area contributed by atoms with E-state index in [1.54, 1.807) is 0 Å². The highest BCUT2D eigenvalue weighted by Gasteiger charge is 2.23. The van der Waals surface area contributed by atoms with Crippen molar-refractivity contribution < 1.29 is 0 Å². The SMILES string of the molecule is C[C](c1ccc(C2CCCCN2C)cc1C(C)C)C(C)C. The molecule has 1 aliphatic heterocycles. The molecule has 1 aromatic carbocycles. The fraction of sp³-hybridized carbons (Fsp3) is 0.650. The van der Waals surface area contributed by atoms with E-state index in [4.69, 9.17) is 0 Å². The fourth-order valence-corrected chi connectivity index (χ4v) is 3.43. The van der Waals surface area contributed by atoms with E-state index in [1.807, 2.05) is 0 Å². The number of hydrogen-bond acceptors (Lipinski definition) is 1. The van der Waals surface area contributed by atoms with Gasteiger partial charge in [-0.15, -0.1) is 0 Å². The van der Waals surface area contributed by atoms with Gasteiger partial charge in [0.2, 0.25) is 0 Å². The van der Waals surface area contributed by atoms with Gasteiger partial charge >= 0.3 is 0 Å². The first-order valence-corrected chi connectivity index (χ1v) is 8.59. The molecule has 1 atom stereocenters. The van der Waals surface area contributed by atoms with E-state index in [0.29, 0.717) is 17.9 Å². The molecule has 0 aliphatic carbocycles. The average Bonchev–Trinajstić information content (AvgIpc) is 2.46. The Morgan fingerprint density at radius 3 is 2.43 bits per heavy atom. The summed E-state index contributed by atoms with van der Waals surface area (Å²) < 4.78 is 0. The lowest BCUT2D eigenvalue weighted by atomic mass is 9.82. The maximum Gasteiger partial charge on any atom is 0.0345 e. The van der Waals surface area contributed by atoms with Gasteiger partial charge in [-0.1, -0.05) is 59.2 Å². The van der Waals surface area contributed by atoms with Crippen molar-refractivity contribution in [2.24, 2.45) is 5.92 Å². The third kappa shape index (κ3) is 3.69. The smallest absolute Gasteiger partial charge is 0.0345 e. The molecule has 1 aliphatic rings.